The van der Waals surface area contributed by atoms with Gasteiger partial charge in [0, 0.05) is 82.3 Å². The van der Waals surface area contributed by atoms with E-state index < -0.39 is 0 Å². The highest BCUT2D eigenvalue weighted by Gasteiger charge is 2.44. The average Bonchev–Trinajstić information content (AvgIpc) is 3.91. The van der Waals surface area contributed by atoms with E-state index in [9.17, 15) is 14.7 Å². The van der Waals surface area contributed by atoms with E-state index in [1.807, 2.05) is 60.5 Å². The Morgan fingerprint density at radius 1 is 0.846 bits per heavy atom. The van der Waals surface area contributed by atoms with Gasteiger partial charge in [0.25, 0.3) is 11.8 Å². The molecule has 2 saturated carbocycles. The summed E-state index contributed by atoms with van der Waals surface area (Å²) in [6.45, 7) is 6.93. The molecule has 2 amide bonds. The maximum absolute atomic E-state index is 13.7. The van der Waals surface area contributed by atoms with Crippen LogP contribution in [0.2, 0.25) is 5.02 Å². The van der Waals surface area contributed by atoms with Crippen LogP contribution < -0.4 is 10.6 Å². The number of nitrogens with one attached hydrogen (secondary N) is 2. The summed E-state index contributed by atoms with van der Waals surface area (Å²) in [4.78, 5) is 41.5. The molecule has 0 spiro atoms. The van der Waals surface area contributed by atoms with Gasteiger partial charge in [-0.2, -0.15) is 0 Å². The van der Waals surface area contributed by atoms with Gasteiger partial charge < -0.3 is 24.9 Å². The van der Waals surface area contributed by atoms with Crippen LogP contribution in [0.4, 0.5) is 11.4 Å². The highest BCUT2D eigenvalue weighted by Crippen LogP contribution is 2.56. The fraction of sp³-hybridized carbons (Fsp3) is 0.500. The van der Waals surface area contributed by atoms with E-state index in [0.717, 1.165) is 84.4 Å². The minimum atomic E-state index is -0.292. The first-order chi connectivity index (χ1) is 25.1. The zero-order valence-electron chi connectivity index (χ0n) is 30.5. The van der Waals surface area contributed by atoms with Crippen LogP contribution in [-0.4, -0.2) is 78.6 Å². The summed E-state index contributed by atoms with van der Waals surface area (Å²) in [5.74, 6) is 1.12. The van der Waals surface area contributed by atoms with E-state index in [-0.39, 0.29) is 18.4 Å². The molecule has 52 heavy (non-hydrogen) atoms. The number of rotatable bonds is 10. The van der Waals surface area contributed by atoms with Crippen molar-refractivity contribution in [2.75, 3.05) is 43.4 Å². The lowest BCUT2D eigenvalue weighted by atomic mass is 9.81. The van der Waals surface area contributed by atoms with Crippen LogP contribution in [0.25, 0.3) is 11.1 Å². The first-order valence-electron chi connectivity index (χ1n) is 18.8. The van der Waals surface area contributed by atoms with Gasteiger partial charge in [0.15, 0.2) is 11.6 Å². The summed E-state index contributed by atoms with van der Waals surface area (Å²) in [5, 5.41) is 15.9. The van der Waals surface area contributed by atoms with Crippen molar-refractivity contribution in [1.82, 2.24) is 28.9 Å². The summed E-state index contributed by atoms with van der Waals surface area (Å²) in [6, 6.07) is 11.3. The molecule has 4 aromatic rings. The molecule has 2 aliphatic heterocycles. The number of halogens is 1. The van der Waals surface area contributed by atoms with Crippen molar-refractivity contribution in [3.05, 3.63) is 81.4 Å². The van der Waals surface area contributed by atoms with E-state index in [0.29, 0.717) is 46.6 Å². The van der Waals surface area contributed by atoms with E-state index in [4.69, 9.17) is 16.6 Å². The third-order valence-electron chi connectivity index (χ3n) is 12.5. The number of aliphatic hydroxyl groups is 1. The van der Waals surface area contributed by atoms with Gasteiger partial charge in [-0.1, -0.05) is 35.9 Å². The van der Waals surface area contributed by atoms with E-state index in [1.165, 1.54) is 38.5 Å². The third-order valence-corrected chi connectivity index (χ3v) is 12.9. The molecule has 0 unspecified atom stereocenters. The molecule has 11 nitrogen and oxygen atoms in total. The number of hydrogen-bond donors (Lipinski definition) is 3. The molecule has 2 aliphatic carbocycles. The number of aliphatic hydroxyl groups excluding tert-OH is 1. The van der Waals surface area contributed by atoms with E-state index >= 15 is 0 Å². The lowest BCUT2D eigenvalue weighted by Crippen LogP contribution is -2.34. The maximum Gasteiger partial charge on any atom is 0.291 e. The number of anilines is 2. The number of hydrogen-bond acceptors (Lipinski definition) is 7. The smallest absolute Gasteiger partial charge is 0.291 e. The molecule has 2 aromatic carbocycles. The Morgan fingerprint density at radius 3 is 1.98 bits per heavy atom. The molecule has 2 bridgehead atoms. The SMILES string of the molecule is Cc1c(NC(=O)c2nc3c(n2C)CCN(CCO)C3)cccc1-c1cccc(NC(=O)c2nc3c(n2C)CCN(CCC24CCC(CC2)C4)C3)c1Cl. The maximum atomic E-state index is 13.7. The molecule has 0 atom stereocenters. The molecule has 4 aliphatic rings. The highest BCUT2D eigenvalue weighted by atomic mass is 35.5. The largest absolute Gasteiger partial charge is 0.395 e. The molecule has 2 fully saturated rings. The topological polar surface area (TPSA) is 121 Å². The first kappa shape index (κ1) is 35.0. The summed E-state index contributed by atoms with van der Waals surface area (Å²) in [7, 11) is 3.81. The Labute approximate surface area is 310 Å². The highest BCUT2D eigenvalue weighted by molar-refractivity contribution is 6.36. The van der Waals surface area contributed by atoms with Crippen molar-refractivity contribution < 1.29 is 14.7 Å². The van der Waals surface area contributed by atoms with E-state index in [1.54, 1.807) is 6.07 Å². The van der Waals surface area contributed by atoms with Crippen molar-refractivity contribution in [3.8, 4) is 11.1 Å². The first-order valence-corrected chi connectivity index (χ1v) is 19.2. The Morgan fingerprint density at radius 2 is 1.40 bits per heavy atom. The second kappa shape index (κ2) is 14.1. The summed E-state index contributed by atoms with van der Waals surface area (Å²) >= 11 is 7.02. The number of imidazole rings is 2. The Bertz CT molecular complexity index is 2030. The molecule has 3 N–H and O–H groups in total. The number of aromatic nitrogens is 4. The molecule has 12 heteroatoms. The number of amides is 2. The van der Waals surface area contributed by atoms with Crippen LogP contribution in [0.1, 0.15) is 88.1 Å². The minimum Gasteiger partial charge on any atom is -0.395 e. The van der Waals surface area contributed by atoms with Crippen LogP contribution in [0, 0.1) is 18.3 Å². The van der Waals surface area contributed by atoms with Gasteiger partial charge in [0.2, 0.25) is 0 Å². The number of carbonyl (C=O) groups excluding carboxylic acids is 2. The Balaban J connectivity index is 0.957. The van der Waals surface area contributed by atoms with Crippen LogP contribution in [0.3, 0.4) is 0 Å². The minimum absolute atomic E-state index is 0.0931. The van der Waals surface area contributed by atoms with Crippen LogP contribution in [-0.2, 0) is 40.0 Å². The van der Waals surface area contributed by atoms with Gasteiger partial charge in [-0.05, 0) is 86.6 Å². The van der Waals surface area contributed by atoms with Crippen LogP contribution in [0.15, 0.2) is 36.4 Å². The van der Waals surface area contributed by atoms with Crippen LogP contribution >= 0.6 is 11.6 Å². The van der Waals surface area contributed by atoms with Crippen molar-refractivity contribution in [1.29, 1.82) is 0 Å². The number of fused-ring (bicyclic) bond motifs is 4. The molecule has 0 saturated heterocycles. The van der Waals surface area contributed by atoms with Gasteiger partial charge in [-0.25, -0.2) is 9.97 Å². The van der Waals surface area contributed by atoms with Crippen molar-refractivity contribution >= 4 is 34.8 Å². The molecular formula is C40H49ClN8O3. The fourth-order valence-electron chi connectivity index (χ4n) is 9.41. The molecule has 4 heterocycles. The van der Waals surface area contributed by atoms with E-state index in [2.05, 4.69) is 25.4 Å². The second-order valence-electron chi connectivity index (χ2n) is 15.5. The Kier molecular flexibility index (Phi) is 9.48. The number of benzene rings is 2. The monoisotopic (exact) mass is 724 g/mol. The van der Waals surface area contributed by atoms with Crippen molar-refractivity contribution in [3.63, 3.8) is 0 Å². The second-order valence-corrected chi connectivity index (χ2v) is 15.9. The lowest BCUT2D eigenvalue weighted by Gasteiger charge is -2.32. The summed E-state index contributed by atoms with van der Waals surface area (Å²) in [6.07, 6.45) is 9.99. The number of β-amino-alcohol motifs (C(OH)–C–C–N with tert-alkyl or cyclic N) is 1. The average molecular weight is 725 g/mol. The lowest BCUT2D eigenvalue weighted by molar-refractivity contribution is 0.100. The van der Waals surface area contributed by atoms with Gasteiger partial charge in [0.1, 0.15) is 0 Å². The molecule has 8 rings (SSSR count). The normalized spacial score (nSPS) is 21.3. The van der Waals surface area contributed by atoms with Gasteiger partial charge in [0.05, 0.1) is 28.7 Å². The van der Waals surface area contributed by atoms with Crippen molar-refractivity contribution in [2.45, 2.75) is 71.4 Å². The van der Waals surface area contributed by atoms with Crippen molar-refractivity contribution in [2.24, 2.45) is 25.4 Å². The third kappa shape index (κ3) is 6.46. The quantitative estimate of drug-likeness (QED) is 0.185. The zero-order chi connectivity index (χ0) is 36.1. The molecule has 2 aromatic heterocycles. The molecule has 274 valence electrons. The summed E-state index contributed by atoms with van der Waals surface area (Å²) < 4.78 is 3.81. The zero-order valence-corrected chi connectivity index (χ0v) is 31.2. The predicted octanol–water partition coefficient (Wildman–Crippen LogP) is 5.97. The fourth-order valence-corrected chi connectivity index (χ4v) is 9.68. The van der Waals surface area contributed by atoms with Gasteiger partial charge in [-0.3, -0.25) is 19.4 Å². The Hall–Kier alpha value is -4.03. The molecular weight excluding hydrogens is 676 g/mol. The molecule has 0 radical (unpaired) electrons. The number of carbonyl (C=O) groups is 2. The van der Waals surface area contributed by atoms with Crippen LogP contribution in [0.5, 0.6) is 0 Å². The predicted molar refractivity (Wildman–Crippen MR) is 203 cm³/mol. The standard InChI is InChI=1S/C40H49ClN8O3/c1-25-27(6-4-8-29(25)44-38(51)36-43-32-24-49(20-21-50)18-13-34(32)46(36)2)28-7-5-9-30(35(28)41)45-39(52)37-42-31-23-48(17-12-33(31)47(37)3)19-16-40-14-10-26(22-40)11-15-40/h4-9,26,50H,10-24H2,1-3H3,(H,44,51)(H,45,52). The van der Waals surface area contributed by atoms with Gasteiger partial charge in [-0.15, -0.1) is 0 Å². The number of nitrogens with zero attached hydrogens (tertiary/aromatic N) is 6. The summed E-state index contributed by atoms with van der Waals surface area (Å²) in [5.41, 5.74) is 8.20. The van der Waals surface area contributed by atoms with Gasteiger partial charge >= 0.3 is 0 Å².